The van der Waals surface area contributed by atoms with E-state index < -0.39 is 66.3 Å². The van der Waals surface area contributed by atoms with E-state index in [9.17, 15) is 24.3 Å². The number of nitrogens with one attached hydrogen (secondary N) is 1. The van der Waals surface area contributed by atoms with Crippen molar-refractivity contribution in [3.8, 4) is 0 Å². The smallest absolute Gasteiger partial charge is 0.313 e. The predicted molar refractivity (Wildman–Crippen MR) is 202 cm³/mol. The summed E-state index contributed by atoms with van der Waals surface area (Å²) in [5, 5.41) is 13.3. The monoisotopic (exact) mass is 730 g/mol. The lowest BCUT2D eigenvalue weighted by atomic mass is 9.70. The van der Waals surface area contributed by atoms with Gasteiger partial charge in [-0.25, -0.2) is 0 Å². The number of allylic oxidation sites excluding steroid dienone is 1. The van der Waals surface area contributed by atoms with Crippen LogP contribution in [0.25, 0.3) is 0 Å². The number of benzene rings is 2. The van der Waals surface area contributed by atoms with Crippen molar-refractivity contribution in [1.29, 1.82) is 0 Å². The largest absolute Gasteiger partial charge is 0.455 e. The second-order valence-electron chi connectivity index (χ2n) is 14.0. The van der Waals surface area contributed by atoms with Gasteiger partial charge in [0.15, 0.2) is 0 Å². The highest BCUT2D eigenvalue weighted by atomic mass is 16.6. The fourth-order valence-corrected chi connectivity index (χ4v) is 8.36. The Hall–Kier alpha value is -4.52. The Morgan fingerprint density at radius 2 is 1.75 bits per heavy atom. The number of methoxy groups -OCH3 is 1. The van der Waals surface area contributed by atoms with Crippen LogP contribution in [0.4, 0.5) is 11.4 Å². The van der Waals surface area contributed by atoms with Gasteiger partial charge in [0.25, 0.3) is 5.91 Å². The van der Waals surface area contributed by atoms with Gasteiger partial charge in [0, 0.05) is 44.5 Å². The topological polar surface area (TPSA) is 138 Å². The van der Waals surface area contributed by atoms with Crippen LogP contribution in [0, 0.1) is 11.8 Å². The number of amides is 3. The Morgan fingerprint density at radius 3 is 2.36 bits per heavy atom. The van der Waals surface area contributed by atoms with Gasteiger partial charge in [-0.15, -0.1) is 13.2 Å². The number of carbonyl (C=O) groups is 4. The number of ether oxygens (including phenoxy) is 3. The van der Waals surface area contributed by atoms with E-state index in [1.165, 1.54) is 12.0 Å². The predicted octanol–water partition coefficient (Wildman–Crippen LogP) is 4.19. The van der Waals surface area contributed by atoms with Crippen LogP contribution in [-0.4, -0.2) is 103 Å². The van der Waals surface area contributed by atoms with Crippen molar-refractivity contribution in [2.75, 3.05) is 49.8 Å². The van der Waals surface area contributed by atoms with Crippen molar-refractivity contribution in [3.63, 3.8) is 0 Å². The van der Waals surface area contributed by atoms with Gasteiger partial charge in [-0.1, -0.05) is 42.5 Å². The van der Waals surface area contributed by atoms with Crippen molar-refractivity contribution in [3.05, 3.63) is 85.5 Å². The Balaban J connectivity index is 1.49. The molecule has 2 aromatic rings. The molecule has 3 aliphatic heterocycles. The highest BCUT2D eigenvalue weighted by molar-refractivity contribution is 6.05. The highest BCUT2D eigenvalue weighted by Crippen LogP contribution is 2.59. The lowest BCUT2D eigenvalue weighted by molar-refractivity contribution is -0.163. The average Bonchev–Trinajstić information content (AvgIpc) is 3.83. The summed E-state index contributed by atoms with van der Waals surface area (Å²) in [7, 11) is 1.50. The van der Waals surface area contributed by atoms with E-state index in [4.69, 9.17) is 14.2 Å². The number of carbonyl (C=O) groups excluding carboxylic acids is 4. The summed E-state index contributed by atoms with van der Waals surface area (Å²) in [5.41, 5.74) is 0.967. The third-order valence-electron chi connectivity index (χ3n) is 10.9. The van der Waals surface area contributed by atoms with E-state index in [0.717, 1.165) is 18.8 Å². The molecule has 2 aromatic carbocycles. The van der Waals surface area contributed by atoms with Gasteiger partial charge in [-0.05, 0) is 69.9 Å². The number of likely N-dealkylation sites (tertiary alicyclic amines) is 1. The van der Waals surface area contributed by atoms with E-state index in [-0.39, 0.29) is 31.4 Å². The molecule has 12 heteroatoms. The average molecular weight is 731 g/mol. The third kappa shape index (κ3) is 7.76. The molecule has 3 heterocycles. The van der Waals surface area contributed by atoms with Crippen molar-refractivity contribution < 1.29 is 38.5 Å². The number of aliphatic hydroxyl groups excluding tert-OH is 1. The quantitative estimate of drug-likeness (QED) is 0.161. The maximum absolute atomic E-state index is 14.9. The lowest BCUT2D eigenvalue weighted by Crippen LogP contribution is -2.58. The van der Waals surface area contributed by atoms with Crippen molar-refractivity contribution in [1.82, 2.24) is 10.2 Å². The maximum Gasteiger partial charge on any atom is 0.313 e. The summed E-state index contributed by atoms with van der Waals surface area (Å²) in [6.07, 6.45) is 3.16. The minimum absolute atomic E-state index is 0.0525. The molecule has 0 unspecified atom stereocenters. The van der Waals surface area contributed by atoms with Crippen LogP contribution in [0.15, 0.2) is 79.9 Å². The number of aliphatic hydroxyl groups is 1. The van der Waals surface area contributed by atoms with Gasteiger partial charge < -0.3 is 39.3 Å². The molecule has 0 aliphatic carbocycles. The van der Waals surface area contributed by atoms with E-state index in [1.807, 2.05) is 42.5 Å². The SMILES string of the molecule is C=CCCC(=O)N[C@H](COC)[C@H](OC(=O)[C@@H]1[C@H]2C(=O)N([C@H](C)CO)[C@H](C(=O)N(CC=C)c3ccc(N(CC)CC)cc3)[C@]23CC[C@H]1O3)c1ccccc1. The molecule has 1 spiro atoms. The second kappa shape index (κ2) is 17.5. The first kappa shape index (κ1) is 39.7. The van der Waals surface area contributed by atoms with Gasteiger partial charge in [-0.2, -0.15) is 0 Å². The van der Waals surface area contributed by atoms with Crippen molar-refractivity contribution in [2.45, 2.75) is 82.4 Å². The van der Waals surface area contributed by atoms with Gasteiger partial charge in [0.2, 0.25) is 11.8 Å². The molecule has 3 aliphatic rings. The number of rotatable bonds is 19. The zero-order valence-electron chi connectivity index (χ0n) is 31.3. The van der Waals surface area contributed by atoms with Gasteiger partial charge in [0.1, 0.15) is 17.7 Å². The Bertz CT molecular complexity index is 1620. The number of nitrogens with zero attached hydrogens (tertiary/aromatic N) is 3. The molecule has 53 heavy (non-hydrogen) atoms. The number of anilines is 2. The first-order valence-electron chi connectivity index (χ1n) is 18.6. The van der Waals surface area contributed by atoms with Gasteiger partial charge in [0.05, 0.1) is 43.2 Å². The molecular formula is C41H54N4O8. The van der Waals surface area contributed by atoms with E-state index >= 15 is 0 Å². The molecule has 0 radical (unpaired) electrons. The molecular weight excluding hydrogens is 676 g/mol. The summed E-state index contributed by atoms with van der Waals surface area (Å²) in [6.45, 7) is 14.9. The van der Waals surface area contributed by atoms with Crippen LogP contribution in [0.2, 0.25) is 0 Å². The molecule has 5 rings (SSSR count). The normalized spacial score (nSPS) is 24.5. The van der Waals surface area contributed by atoms with E-state index in [0.29, 0.717) is 30.5 Å². The summed E-state index contributed by atoms with van der Waals surface area (Å²) in [4.78, 5) is 62.0. The minimum atomic E-state index is -1.32. The Morgan fingerprint density at radius 1 is 1.08 bits per heavy atom. The molecule has 12 nitrogen and oxygen atoms in total. The second-order valence-corrected chi connectivity index (χ2v) is 14.0. The maximum atomic E-state index is 14.9. The van der Waals surface area contributed by atoms with E-state index in [1.54, 1.807) is 36.1 Å². The molecule has 0 saturated carbocycles. The molecule has 286 valence electrons. The Labute approximate surface area is 312 Å². The zero-order chi connectivity index (χ0) is 38.3. The number of esters is 1. The van der Waals surface area contributed by atoms with Crippen molar-refractivity contribution >= 4 is 35.1 Å². The molecule has 0 aromatic heterocycles. The highest BCUT2D eigenvalue weighted by Gasteiger charge is 2.75. The first-order valence-corrected chi connectivity index (χ1v) is 18.6. The summed E-state index contributed by atoms with van der Waals surface area (Å²) in [6, 6.07) is 14.2. The minimum Gasteiger partial charge on any atom is -0.455 e. The van der Waals surface area contributed by atoms with Crippen LogP contribution in [0.1, 0.15) is 58.1 Å². The van der Waals surface area contributed by atoms with Crippen LogP contribution in [0.3, 0.4) is 0 Å². The van der Waals surface area contributed by atoms with Crippen LogP contribution in [-0.2, 0) is 33.4 Å². The molecule has 2 N–H and O–H groups in total. The Kier molecular flexibility index (Phi) is 13.1. The number of fused-ring (bicyclic) bond motifs is 1. The van der Waals surface area contributed by atoms with Crippen molar-refractivity contribution in [2.24, 2.45) is 11.8 Å². The molecule has 2 bridgehead atoms. The standard InChI is InChI=1S/C41H54N4O8/c1-7-11-17-33(47)42-31(26-51-6)36(28-15-13-12-14-16-28)52-40(50)34-32-22-23-41(53-32)35(34)38(48)45(27(5)25-46)37(41)39(49)44(24-8-2)30-20-18-29(19-21-30)43(9-3)10-4/h7-8,12-16,18-21,27,31-32,34-37,46H,1-2,9-11,17,22-26H2,3-6H3,(H,42,47)/t27-,31-,32-,34+,35+,36-,37-,41+/m1/s1. The van der Waals surface area contributed by atoms with Gasteiger partial charge in [-0.3, -0.25) is 19.2 Å². The van der Waals surface area contributed by atoms with E-state index in [2.05, 4.69) is 37.2 Å². The number of hydrogen-bond acceptors (Lipinski definition) is 9. The molecule has 3 fully saturated rings. The summed E-state index contributed by atoms with van der Waals surface area (Å²) >= 11 is 0. The number of hydrogen-bond donors (Lipinski definition) is 2. The fourth-order valence-electron chi connectivity index (χ4n) is 8.36. The third-order valence-corrected chi connectivity index (χ3v) is 10.9. The summed E-state index contributed by atoms with van der Waals surface area (Å²) in [5.74, 6) is -3.77. The van der Waals surface area contributed by atoms with Gasteiger partial charge >= 0.3 is 5.97 Å². The molecule has 8 atom stereocenters. The molecule has 3 saturated heterocycles. The zero-order valence-corrected chi connectivity index (χ0v) is 31.3. The van der Waals surface area contributed by atoms with Crippen LogP contribution in [0.5, 0.6) is 0 Å². The van der Waals surface area contributed by atoms with Crippen LogP contribution < -0.4 is 15.1 Å². The van der Waals surface area contributed by atoms with Crippen LogP contribution >= 0.6 is 0 Å². The first-order chi connectivity index (χ1) is 25.6. The lowest BCUT2D eigenvalue weighted by Gasteiger charge is -2.38. The fraction of sp³-hybridized carbons (Fsp3) is 0.512. The summed E-state index contributed by atoms with van der Waals surface area (Å²) < 4.78 is 18.4. The molecule has 3 amide bonds.